The molecule has 130 valence electrons. The molecule has 0 unspecified atom stereocenters. The zero-order valence-corrected chi connectivity index (χ0v) is 14.8. The lowest BCUT2D eigenvalue weighted by molar-refractivity contribution is -0.116. The molecule has 2 aromatic rings. The maximum absolute atomic E-state index is 12.5. The Morgan fingerprint density at radius 3 is 2.38 bits per heavy atom. The number of amides is 1. The van der Waals surface area contributed by atoms with Crippen molar-refractivity contribution in [3.63, 3.8) is 0 Å². The van der Waals surface area contributed by atoms with E-state index in [1.54, 1.807) is 30.4 Å². The molecule has 0 saturated carbocycles. The van der Waals surface area contributed by atoms with Crippen molar-refractivity contribution < 1.29 is 9.59 Å². The molecule has 0 aromatic heterocycles. The number of benzene rings is 2. The number of anilines is 2. The molecule has 0 spiro atoms. The maximum Gasteiger partial charge on any atom is 0.228 e. The number of rotatable bonds is 4. The van der Waals surface area contributed by atoms with Gasteiger partial charge in [0.1, 0.15) is 0 Å². The van der Waals surface area contributed by atoms with Crippen LogP contribution in [0.1, 0.15) is 17.3 Å². The van der Waals surface area contributed by atoms with Crippen molar-refractivity contribution in [2.24, 2.45) is 0 Å². The van der Waals surface area contributed by atoms with Crippen LogP contribution in [0.4, 0.5) is 11.4 Å². The summed E-state index contributed by atoms with van der Waals surface area (Å²) in [5.74, 6) is -0.312. The molecule has 26 heavy (non-hydrogen) atoms. The average molecular weight is 344 g/mol. The van der Waals surface area contributed by atoms with Gasteiger partial charge in [-0.15, -0.1) is 0 Å². The number of carbonyl (C=O) groups is 2. The Morgan fingerprint density at radius 2 is 1.65 bits per heavy atom. The largest absolute Gasteiger partial charge is 0.351 e. The maximum atomic E-state index is 12.5. The Labute approximate surface area is 153 Å². The number of para-hydroxylation sites is 2. The number of allylic oxidation sites excluding steroid dienone is 5. The summed E-state index contributed by atoms with van der Waals surface area (Å²) in [6, 6.07) is 17.1. The Morgan fingerprint density at radius 1 is 0.962 bits per heavy atom. The highest BCUT2D eigenvalue weighted by Crippen LogP contribution is 2.34. The first kappa shape index (κ1) is 17.4. The second-order valence-corrected chi connectivity index (χ2v) is 5.93. The number of Topliss-reactive ketones (excluding diaryl/α,β-unsaturated/α-hetero) is 1. The van der Waals surface area contributed by atoms with Gasteiger partial charge >= 0.3 is 0 Å². The van der Waals surface area contributed by atoms with Gasteiger partial charge in [-0.1, -0.05) is 42.5 Å². The summed E-state index contributed by atoms with van der Waals surface area (Å²) < 4.78 is 0. The Hall–Kier alpha value is -3.40. The van der Waals surface area contributed by atoms with Crippen molar-refractivity contribution in [2.45, 2.75) is 6.92 Å². The molecule has 1 aliphatic heterocycles. The molecule has 0 atom stereocenters. The molecule has 0 fully saturated rings. The molecule has 1 amide bonds. The smallest absolute Gasteiger partial charge is 0.228 e. The zero-order valence-electron chi connectivity index (χ0n) is 14.8. The topological polar surface area (TPSA) is 40.6 Å². The summed E-state index contributed by atoms with van der Waals surface area (Å²) in [5, 5.41) is 0. The highest BCUT2D eigenvalue weighted by Gasteiger charge is 2.33. The highest BCUT2D eigenvalue weighted by atomic mass is 16.2. The van der Waals surface area contributed by atoms with Gasteiger partial charge in [-0.05, 0) is 36.4 Å². The highest BCUT2D eigenvalue weighted by molar-refractivity contribution is 6.25. The number of hydrogen-bond donors (Lipinski definition) is 0. The van der Waals surface area contributed by atoms with Gasteiger partial charge in [0.15, 0.2) is 0 Å². The van der Waals surface area contributed by atoms with E-state index in [0.717, 1.165) is 5.69 Å². The van der Waals surface area contributed by atoms with Crippen LogP contribution in [0.5, 0.6) is 0 Å². The van der Waals surface area contributed by atoms with Crippen LogP contribution >= 0.6 is 0 Å². The van der Waals surface area contributed by atoms with Gasteiger partial charge in [0.2, 0.25) is 11.7 Å². The minimum Gasteiger partial charge on any atom is -0.351 e. The fourth-order valence-corrected chi connectivity index (χ4v) is 2.86. The standard InChI is InChI=1S/C22H20N2O2/c1-17(25)24-20-14-9-8-13-19(20)22(26)21(24)15-7-4-10-16-23(2)18-11-5-3-6-12-18/h3-16H,1-2H3/b7-4+,16-10+,21-15-. The van der Waals surface area contributed by atoms with E-state index in [0.29, 0.717) is 16.9 Å². The van der Waals surface area contributed by atoms with Crippen LogP contribution in [-0.2, 0) is 4.79 Å². The van der Waals surface area contributed by atoms with E-state index in [1.807, 2.05) is 66.7 Å². The van der Waals surface area contributed by atoms with Gasteiger partial charge in [0.25, 0.3) is 0 Å². The third-order valence-electron chi connectivity index (χ3n) is 4.13. The Bertz CT molecular complexity index is 911. The van der Waals surface area contributed by atoms with Gasteiger partial charge in [-0.25, -0.2) is 0 Å². The van der Waals surface area contributed by atoms with E-state index < -0.39 is 0 Å². The molecule has 2 aromatic carbocycles. The lowest BCUT2D eigenvalue weighted by Gasteiger charge is -2.15. The molecular weight excluding hydrogens is 324 g/mol. The van der Waals surface area contributed by atoms with Crippen molar-refractivity contribution in [2.75, 3.05) is 16.8 Å². The monoisotopic (exact) mass is 344 g/mol. The lowest BCUT2D eigenvalue weighted by Crippen LogP contribution is -2.25. The van der Waals surface area contributed by atoms with Crippen molar-refractivity contribution in [1.82, 2.24) is 0 Å². The van der Waals surface area contributed by atoms with Gasteiger partial charge in [-0.2, -0.15) is 0 Å². The molecule has 1 heterocycles. The van der Waals surface area contributed by atoms with Gasteiger partial charge in [0, 0.05) is 31.4 Å². The number of fused-ring (bicyclic) bond motifs is 1. The van der Waals surface area contributed by atoms with E-state index in [1.165, 1.54) is 11.8 Å². The van der Waals surface area contributed by atoms with Gasteiger partial charge in [-0.3, -0.25) is 14.5 Å². The van der Waals surface area contributed by atoms with Crippen molar-refractivity contribution >= 4 is 23.1 Å². The van der Waals surface area contributed by atoms with E-state index >= 15 is 0 Å². The first-order chi connectivity index (χ1) is 12.6. The first-order valence-corrected chi connectivity index (χ1v) is 8.37. The molecule has 0 bridgehead atoms. The van der Waals surface area contributed by atoms with Crippen LogP contribution in [0, 0.1) is 0 Å². The molecule has 0 radical (unpaired) electrons. The summed E-state index contributed by atoms with van der Waals surface area (Å²) >= 11 is 0. The average Bonchev–Trinajstić information content (AvgIpc) is 2.94. The Balaban J connectivity index is 1.75. The lowest BCUT2D eigenvalue weighted by atomic mass is 10.1. The molecule has 3 rings (SSSR count). The fraction of sp³-hybridized carbons (Fsp3) is 0.0909. The third-order valence-corrected chi connectivity index (χ3v) is 4.13. The molecule has 4 nitrogen and oxygen atoms in total. The number of nitrogens with zero attached hydrogens (tertiary/aromatic N) is 2. The van der Waals surface area contributed by atoms with E-state index in [4.69, 9.17) is 0 Å². The first-order valence-electron chi connectivity index (χ1n) is 8.37. The molecule has 0 aliphatic carbocycles. The van der Waals surface area contributed by atoms with E-state index in [9.17, 15) is 9.59 Å². The van der Waals surface area contributed by atoms with Crippen LogP contribution in [0.2, 0.25) is 0 Å². The number of carbonyl (C=O) groups excluding carboxylic acids is 2. The minimum absolute atomic E-state index is 0.133. The molecule has 4 heteroatoms. The summed E-state index contributed by atoms with van der Waals surface area (Å²) in [7, 11) is 1.97. The minimum atomic E-state index is -0.178. The second-order valence-electron chi connectivity index (χ2n) is 5.93. The molecular formula is C22H20N2O2. The molecule has 0 saturated heterocycles. The van der Waals surface area contributed by atoms with Crippen LogP contribution in [0.15, 0.2) is 90.8 Å². The summed E-state index contributed by atoms with van der Waals surface area (Å²) in [6.07, 6.45) is 9.09. The van der Waals surface area contributed by atoms with Gasteiger partial charge < -0.3 is 4.90 Å². The van der Waals surface area contributed by atoms with E-state index in [2.05, 4.69) is 0 Å². The van der Waals surface area contributed by atoms with Crippen LogP contribution in [-0.4, -0.2) is 18.7 Å². The normalized spacial score (nSPS) is 15.2. The predicted octanol–water partition coefficient (Wildman–Crippen LogP) is 4.33. The predicted molar refractivity (Wildman–Crippen MR) is 105 cm³/mol. The van der Waals surface area contributed by atoms with Crippen molar-refractivity contribution in [3.8, 4) is 0 Å². The summed E-state index contributed by atoms with van der Waals surface area (Å²) in [6.45, 7) is 1.46. The summed E-state index contributed by atoms with van der Waals surface area (Å²) in [4.78, 5) is 28.0. The SMILES string of the molecule is CC(=O)N1\C(=C/C=C/C=C/N(C)c2ccccc2)C(=O)c2ccccc21. The summed E-state index contributed by atoms with van der Waals surface area (Å²) in [5.41, 5.74) is 2.66. The van der Waals surface area contributed by atoms with Gasteiger partial charge in [0.05, 0.1) is 11.4 Å². The van der Waals surface area contributed by atoms with Crippen molar-refractivity contribution in [3.05, 3.63) is 96.4 Å². The molecule has 1 aliphatic rings. The van der Waals surface area contributed by atoms with Crippen LogP contribution in [0.3, 0.4) is 0 Å². The second kappa shape index (κ2) is 7.66. The molecule has 0 N–H and O–H groups in total. The third kappa shape index (κ3) is 3.49. The zero-order chi connectivity index (χ0) is 18.5. The van der Waals surface area contributed by atoms with E-state index in [-0.39, 0.29) is 11.7 Å². The van der Waals surface area contributed by atoms with Crippen LogP contribution < -0.4 is 9.80 Å². The van der Waals surface area contributed by atoms with Crippen LogP contribution in [0.25, 0.3) is 0 Å². The number of hydrogen-bond acceptors (Lipinski definition) is 3. The fourth-order valence-electron chi connectivity index (χ4n) is 2.86. The number of ketones is 1. The quantitative estimate of drug-likeness (QED) is 0.612. The van der Waals surface area contributed by atoms with Crippen molar-refractivity contribution in [1.29, 1.82) is 0 Å². The Kier molecular flexibility index (Phi) is 5.13.